The van der Waals surface area contributed by atoms with Crippen molar-refractivity contribution in [1.29, 1.82) is 0 Å². The van der Waals surface area contributed by atoms with Crippen LogP contribution in [0.1, 0.15) is 39.5 Å². The molecular weight excluding hydrogens is 493 g/mol. The first-order valence-corrected chi connectivity index (χ1v) is 12.0. The van der Waals surface area contributed by atoms with Gasteiger partial charge in [0.05, 0.1) is 29.2 Å². The first-order valence-electron chi connectivity index (χ1n) is 11.3. The number of anilines is 1. The number of halogens is 2. The highest BCUT2D eigenvalue weighted by Crippen LogP contribution is 2.37. The second kappa shape index (κ2) is 10.7. The molecule has 1 atom stereocenters. The van der Waals surface area contributed by atoms with Gasteiger partial charge in [0.15, 0.2) is 0 Å². The Morgan fingerprint density at radius 2 is 1.64 bits per heavy atom. The van der Waals surface area contributed by atoms with Crippen molar-refractivity contribution >= 4 is 46.7 Å². The number of benzene rings is 3. The Hall–Kier alpha value is -4.00. The Morgan fingerprint density at radius 1 is 0.944 bits per heavy atom. The fraction of sp³-hybridized carbons (Fsp3) is 0.0714. The summed E-state index contributed by atoms with van der Waals surface area (Å²) in [6.45, 7) is 0. The average molecular weight is 514 g/mol. The standard InChI is InChI=1S/C28H21Cl2N5O/c29-23-9-5-20(6-10-23)26-16-27(21-7-11-24(30)12-8-21)35(34-26)25-13-3-19(4-14-25)17-32-33-28(36)22-2-1-15-31-18-22/h1-15,17-18,27H,16H2,(H,33,36)/b32-17-/t27-/m1/s1. The smallest absolute Gasteiger partial charge is 0.267 e. The van der Waals surface area contributed by atoms with Gasteiger partial charge in [0, 0.05) is 28.9 Å². The van der Waals surface area contributed by atoms with Gasteiger partial charge in [0.1, 0.15) is 0 Å². The maximum atomic E-state index is 12.1. The van der Waals surface area contributed by atoms with Crippen molar-refractivity contribution in [3.8, 4) is 0 Å². The molecule has 5 rings (SSSR count). The zero-order valence-corrected chi connectivity index (χ0v) is 20.6. The molecule has 1 aromatic heterocycles. The molecule has 0 saturated heterocycles. The number of hydrazone groups is 2. The monoisotopic (exact) mass is 513 g/mol. The summed E-state index contributed by atoms with van der Waals surface area (Å²) in [5.41, 5.74) is 7.88. The van der Waals surface area contributed by atoms with Gasteiger partial charge in [-0.15, -0.1) is 0 Å². The lowest BCUT2D eigenvalue weighted by Crippen LogP contribution is -2.18. The molecule has 0 saturated carbocycles. The van der Waals surface area contributed by atoms with Gasteiger partial charge in [-0.3, -0.25) is 14.8 Å². The first-order chi connectivity index (χ1) is 17.6. The van der Waals surface area contributed by atoms with Gasteiger partial charge in [-0.25, -0.2) is 5.43 Å². The van der Waals surface area contributed by atoms with Crippen molar-refractivity contribution < 1.29 is 4.79 Å². The predicted molar refractivity (Wildman–Crippen MR) is 145 cm³/mol. The van der Waals surface area contributed by atoms with E-state index in [2.05, 4.69) is 15.5 Å². The summed E-state index contributed by atoms with van der Waals surface area (Å²) in [7, 11) is 0. The van der Waals surface area contributed by atoms with Crippen LogP contribution in [-0.2, 0) is 0 Å². The molecule has 6 nitrogen and oxygen atoms in total. The number of pyridine rings is 1. The van der Waals surface area contributed by atoms with E-state index in [1.807, 2.05) is 77.8 Å². The van der Waals surface area contributed by atoms with Gasteiger partial charge < -0.3 is 0 Å². The topological polar surface area (TPSA) is 70.0 Å². The van der Waals surface area contributed by atoms with Crippen molar-refractivity contribution in [3.05, 3.63) is 130 Å². The van der Waals surface area contributed by atoms with E-state index in [1.165, 1.54) is 6.20 Å². The van der Waals surface area contributed by atoms with Crippen molar-refractivity contribution in [3.63, 3.8) is 0 Å². The van der Waals surface area contributed by atoms with Crippen molar-refractivity contribution in [2.24, 2.45) is 10.2 Å². The molecular formula is C28H21Cl2N5O. The molecule has 36 heavy (non-hydrogen) atoms. The van der Waals surface area contributed by atoms with E-state index in [-0.39, 0.29) is 11.9 Å². The third kappa shape index (κ3) is 5.46. The SMILES string of the molecule is O=C(N/N=C\c1ccc(N2N=C(c3ccc(Cl)cc3)C[C@@H]2c2ccc(Cl)cc2)cc1)c1cccnc1. The highest BCUT2D eigenvalue weighted by atomic mass is 35.5. The molecule has 2 heterocycles. The zero-order chi connectivity index (χ0) is 24.9. The fourth-order valence-electron chi connectivity index (χ4n) is 3.95. The fourth-order valence-corrected chi connectivity index (χ4v) is 4.20. The summed E-state index contributed by atoms with van der Waals surface area (Å²) in [6, 6.07) is 26.8. The highest BCUT2D eigenvalue weighted by Gasteiger charge is 2.29. The number of amides is 1. The van der Waals surface area contributed by atoms with Crippen LogP contribution in [0.25, 0.3) is 0 Å². The van der Waals surface area contributed by atoms with Gasteiger partial charge >= 0.3 is 0 Å². The molecule has 0 spiro atoms. The molecule has 8 heteroatoms. The summed E-state index contributed by atoms with van der Waals surface area (Å²) < 4.78 is 0. The van der Waals surface area contributed by atoms with Gasteiger partial charge in [-0.2, -0.15) is 10.2 Å². The van der Waals surface area contributed by atoms with Crippen LogP contribution in [0.3, 0.4) is 0 Å². The normalized spacial score (nSPS) is 15.2. The lowest BCUT2D eigenvalue weighted by Gasteiger charge is -2.24. The molecule has 1 N–H and O–H groups in total. The number of rotatable bonds is 6. The molecule has 1 amide bonds. The van der Waals surface area contributed by atoms with Crippen molar-refractivity contribution in [2.45, 2.75) is 12.5 Å². The highest BCUT2D eigenvalue weighted by molar-refractivity contribution is 6.31. The minimum absolute atomic E-state index is 0.0197. The second-order valence-electron chi connectivity index (χ2n) is 8.20. The van der Waals surface area contributed by atoms with Crippen molar-refractivity contribution in [2.75, 3.05) is 5.01 Å². The third-order valence-corrected chi connectivity index (χ3v) is 6.31. The van der Waals surface area contributed by atoms with Crippen LogP contribution in [0.15, 0.2) is 108 Å². The molecule has 3 aromatic carbocycles. The zero-order valence-electron chi connectivity index (χ0n) is 19.1. The number of carbonyl (C=O) groups is 1. The first kappa shape index (κ1) is 23.7. The van der Waals surface area contributed by atoms with Gasteiger partial charge in [0.2, 0.25) is 0 Å². The Labute approximate surface area is 218 Å². The molecule has 178 valence electrons. The number of nitrogens with zero attached hydrogens (tertiary/aromatic N) is 4. The van der Waals surface area contributed by atoms with E-state index in [0.29, 0.717) is 15.6 Å². The number of aromatic nitrogens is 1. The van der Waals surface area contributed by atoms with E-state index in [4.69, 9.17) is 28.3 Å². The van der Waals surface area contributed by atoms with E-state index < -0.39 is 0 Å². The third-order valence-electron chi connectivity index (χ3n) is 5.80. The molecule has 0 fully saturated rings. The maximum absolute atomic E-state index is 12.1. The van der Waals surface area contributed by atoms with E-state index in [9.17, 15) is 4.79 Å². The van der Waals surface area contributed by atoms with Gasteiger partial charge in [-0.05, 0) is 65.2 Å². The minimum atomic E-state index is -0.317. The Kier molecular flexibility index (Phi) is 7.07. The minimum Gasteiger partial charge on any atom is -0.267 e. The maximum Gasteiger partial charge on any atom is 0.272 e. The molecule has 0 aliphatic carbocycles. The number of hydrogen-bond acceptors (Lipinski definition) is 5. The Morgan fingerprint density at radius 3 is 2.31 bits per heavy atom. The van der Waals surface area contributed by atoms with Crippen LogP contribution >= 0.6 is 23.2 Å². The quantitative estimate of drug-likeness (QED) is 0.236. The largest absolute Gasteiger partial charge is 0.272 e. The van der Waals surface area contributed by atoms with Crippen LogP contribution in [0.4, 0.5) is 5.69 Å². The van der Waals surface area contributed by atoms with E-state index >= 15 is 0 Å². The lowest BCUT2D eigenvalue weighted by molar-refractivity contribution is 0.0955. The summed E-state index contributed by atoms with van der Waals surface area (Å²) in [5.74, 6) is -0.317. The summed E-state index contributed by atoms with van der Waals surface area (Å²) >= 11 is 12.2. The summed E-state index contributed by atoms with van der Waals surface area (Å²) in [5, 5.41) is 12.4. The lowest BCUT2D eigenvalue weighted by atomic mass is 9.98. The summed E-state index contributed by atoms with van der Waals surface area (Å²) in [6.07, 6.45) is 5.45. The molecule has 0 bridgehead atoms. The molecule has 4 aromatic rings. The molecule has 0 radical (unpaired) electrons. The summed E-state index contributed by atoms with van der Waals surface area (Å²) in [4.78, 5) is 16.1. The van der Waals surface area contributed by atoms with Crippen LogP contribution in [0, 0.1) is 0 Å². The van der Waals surface area contributed by atoms with E-state index in [0.717, 1.165) is 34.5 Å². The van der Waals surface area contributed by atoms with E-state index in [1.54, 1.807) is 24.5 Å². The molecule has 1 aliphatic rings. The number of nitrogens with one attached hydrogen (secondary N) is 1. The van der Waals surface area contributed by atoms with Crippen LogP contribution in [-0.4, -0.2) is 22.8 Å². The van der Waals surface area contributed by atoms with Crippen LogP contribution in [0.2, 0.25) is 10.0 Å². The average Bonchev–Trinajstić information content (AvgIpc) is 3.36. The van der Waals surface area contributed by atoms with Gasteiger partial charge in [0.25, 0.3) is 5.91 Å². The Balaban J connectivity index is 1.36. The predicted octanol–water partition coefficient (Wildman–Crippen LogP) is 6.51. The second-order valence-corrected chi connectivity index (χ2v) is 9.07. The Bertz CT molecular complexity index is 1400. The van der Waals surface area contributed by atoms with Crippen LogP contribution < -0.4 is 10.4 Å². The van der Waals surface area contributed by atoms with Gasteiger partial charge in [-0.1, -0.05) is 59.6 Å². The number of carbonyl (C=O) groups excluding carboxylic acids is 1. The number of hydrogen-bond donors (Lipinski definition) is 1. The molecule has 1 aliphatic heterocycles. The molecule has 0 unspecified atom stereocenters. The van der Waals surface area contributed by atoms with Crippen molar-refractivity contribution in [1.82, 2.24) is 10.4 Å². The van der Waals surface area contributed by atoms with Crippen LogP contribution in [0.5, 0.6) is 0 Å².